The van der Waals surface area contributed by atoms with Crippen molar-refractivity contribution in [3.05, 3.63) is 89.0 Å². The number of hydrogen-bond donors (Lipinski definition) is 0. The molecule has 0 aliphatic rings. The number of nitro groups is 1. The normalized spacial score (nSPS) is 10.8. The average molecular weight is 315 g/mol. The van der Waals surface area contributed by atoms with E-state index in [2.05, 4.69) is 0 Å². The molecule has 0 aliphatic heterocycles. The van der Waals surface area contributed by atoms with Gasteiger partial charge in [0.15, 0.2) is 0 Å². The second-order valence-corrected chi connectivity index (χ2v) is 5.48. The van der Waals surface area contributed by atoms with Crippen LogP contribution in [0.25, 0.3) is 33.4 Å². The van der Waals surface area contributed by atoms with Crippen molar-refractivity contribution >= 4 is 16.5 Å². The first-order valence-electron chi connectivity index (χ1n) is 7.56. The summed E-state index contributed by atoms with van der Waals surface area (Å²) in [4.78, 5) is 10.7. The highest BCUT2D eigenvalue weighted by Gasteiger charge is 2.17. The van der Waals surface area contributed by atoms with Gasteiger partial charge in [0, 0.05) is 34.0 Å². The molecule has 0 saturated heterocycles. The molecule has 116 valence electrons. The highest BCUT2D eigenvalue weighted by molar-refractivity contribution is 6.02. The molecule has 4 heteroatoms. The second kappa shape index (κ2) is 5.66. The summed E-state index contributed by atoms with van der Waals surface area (Å²) in [5, 5.41) is 13.0. The lowest BCUT2D eigenvalue weighted by molar-refractivity contribution is -0.384. The molecule has 3 aromatic carbocycles. The summed E-state index contributed by atoms with van der Waals surface area (Å²) in [5.74, 6) is 1.42. The molecule has 0 fully saturated rings. The van der Waals surface area contributed by atoms with E-state index in [1.54, 1.807) is 12.1 Å². The van der Waals surface area contributed by atoms with Gasteiger partial charge in [-0.05, 0) is 0 Å². The zero-order valence-electron chi connectivity index (χ0n) is 12.7. The largest absolute Gasteiger partial charge is 0.455 e. The lowest BCUT2D eigenvalue weighted by Crippen LogP contribution is -1.87. The Balaban J connectivity index is 1.97. The molecule has 0 N–H and O–H groups in total. The van der Waals surface area contributed by atoms with Gasteiger partial charge in [-0.3, -0.25) is 10.1 Å². The summed E-state index contributed by atoms with van der Waals surface area (Å²) < 4.78 is 6.15. The predicted molar refractivity (Wildman–Crippen MR) is 93.7 cm³/mol. The third-order valence-corrected chi connectivity index (χ3v) is 3.98. The lowest BCUT2D eigenvalue weighted by Gasteiger charge is -1.99. The number of fused-ring (bicyclic) bond motifs is 1. The van der Waals surface area contributed by atoms with Gasteiger partial charge in [-0.15, -0.1) is 0 Å². The van der Waals surface area contributed by atoms with Gasteiger partial charge in [-0.25, -0.2) is 0 Å². The molecule has 0 atom stereocenters. The highest BCUT2D eigenvalue weighted by atomic mass is 16.6. The third-order valence-electron chi connectivity index (χ3n) is 3.98. The molecule has 0 amide bonds. The van der Waals surface area contributed by atoms with Crippen molar-refractivity contribution in [3.8, 4) is 22.6 Å². The fourth-order valence-corrected chi connectivity index (χ4v) is 2.87. The fraction of sp³-hybridized carbons (Fsp3) is 0. The van der Waals surface area contributed by atoms with Gasteiger partial charge in [-0.1, -0.05) is 66.7 Å². The van der Waals surface area contributed by atoms with Crippen LogP contribution in [-0.4, -0.2) is 4.92 Å². The standard InChI is InChI=1S/C20H13NO3/c22-21(23)16-10-6-9-15(13-16)20-18-12-5-4-11-17(18)19(24-20)14-7-2-1-3-8-14/h1-13H. The monoisotopic (exact) mass is 315 g/mol. The minimum Gasteiger partial charge on any atom is -0.455 e. The average Bonchev–Trinajstić information content (AvgIpc) is 3.02. The van der Waals surface area contributed by atoms with E-state index in [1.165, 1.54) is 6.07 Å². The Hall–Kier alpha value is -3.40. The molecule has 4 nitrogen and oxygen atoms in total. The zero-order valence-corrected chi connectivity index (χ0v) is 12.7. The van der Waals surface area contributed by atoms with Crippen molar-refractivity contribution in [2.45, 2.75) is 0 Å². The molecule has 0 spiro atoms. The predicted octanol–water partition coefficient (Wildman–Crippen LogP) is 5.68. The van der Waals surface area contributed by atoms with Gasteiger partial charge in [0.2, 0.25) is 0 Å². The van der Waals surface area contributed by atoms with E-state index in [0.29, 0.717) is 11.3 Å². The van der Waals surface area contributed by atoms with Gasteiger partial charge < -0.3 is 4.42 Å². The number of benzene rings is 3. The van der Waals surface area contributed by atoms with Crippen molar-refractivity contribution in [1.82, 2.24) is 0 Å². The Bertz CT molecular complexity index is 1040. The molecule has 4 rings (SSSR count). The maximum absolute atomic E-state index is 11.0. The van der Waals surface area contributed by atoms with E-state index in [9.17, 15) is 10.1 Å². The van der Waals surface area contributed by atoms with Crippen LogP contribution in [0.5, 0.6) is 0 Å². The Morgan fingerprint density at radius 3 is 1.96 bits per heavy atom. The fourth-order valence-electron chi connectivity index (χ4n) is 2.87. The minimum absolute atomic E-state index is 0.0502. The molecule has 1 aromatic heterocycles. The van der Waals surface area contributed by atoms with Crippen molar-refractivity contribution in [3.63, 3.8) is 0 Å². The van der Waals surface area contributed by atoms with Gasteiger partial charge in [0.25, 0.3) is 5.69 Å². The molecule has 0 saturated carbocycles. The first-order chi connectivity index (χ1) is 11.7. The van der Waals surface area contributed by atoms with E-state index in [-0.39, 0.29) is 5.69 Å². The minimum atomic E-state index is -0.396. The van der Waals surface area contributed by atoms with Crippen LogP contribution < -0.4 is 0 Å². The summed E-state index contributed by atoms with van der Waals surface area (Å²) >= 11 is 0. The van der Waals surface area contributed by atoms with E-state index in [4.69, 9.17) is 4.42 Å². The highest BCUT2D eigenvalue weighted by Crippen LogP contribution is 2.39. The third kappa shape index (κ3) is 2.34. The number of non-ortho nitro benzene ring substituents is 1. The first-order valence-corrected chi connectivity index (χ1v) is 7.56. The Morgan fingerprint density at radius 2 is 1.29 bits per heavy atom. The molecule has 0 bridgehead atoms. The summed E-state index contributed by atoms with van der Waals surface area (Å²) in [7, 11) is 0. The van der Waals surface area contributed by atoms with Crippen LogP contribution in [0.3, 0.4) is 0 Å². The van der Waals surface area contributed by atoms with Crippen molar-refractivity contribution in [2.24, 2.45) is 0 Å². The molecule has 0 radical (unpaired) electrons. The van der Waals surface area contributed by atoms with Crippen LogP contribution in [0.2, 0.25) is 0 Å². The maximum Gasteiger partial charge on any atom is 0.270 e. The molecular weight excluding hydrogens is 302 g/mol. The topological polar surface area (TPSA) is 56.3 Å². The van der Waals surface area contributed by atoms with E-state index in [1.807, 2.05) is 60.7 Å². The van der Waals surface area contributed by atoms with Gasteiger partial charge in [0.1, 0.15) is 11.5 Å². The molecule has 0 aliphatic carbocycles. The van der Waals surface area contributed by atoms with Crippen molar-refractivity contribution < 1.29 is 9.34 Å². The number of furan rings is 1. The zero-order chi connectivity index (χ0) is 16.5. The number of nitro benzene ring substituents is 1. The SMILES string of the molecule is O=[N+]([O-])c1cccc(-c2oc(-c3ccccc3)c3ccccc23)c1. The van der Waals surface area contributed by atoms with Crippen LogP contribution in [0, 0.1) is 10.1 Å². The van der Waals surface area contributed by atoms with Crippen LogP contribution >= 0.6 is 0 Å². The number of hydrogen-bond acceptors (Lipinski definition) is 3. The molecule has 1 heterocycles. The number of rotatable bonds is 3. The van der Waals surface area contributed by atoms with Crippen LogP contribution in [0.1, 0.15) is 0 Å². The van der Waals surface area contributed by atoms with Gasteiger partial charge in [0.05, 0.1) is 4.92 Å². The molecule has 4 aromatic rings. The molecular formula is C20H13NO3. The molecule has 0 unspecified atom stereocenters. The number of nitrogens with zero attached hydrogens (tertiary/aromatic N) is 1. The Labute approximate surface area is 138 Å². The Kier molecular flexibility index (Phi) is 3.35. The van der Waals surface area contributed by atoms with Crippen LogP contribution in [-0.2, 0) is 0 Å². The van der Waals surface area contributed by atoms with Gasteiger partial charge >= 0.3 is 0 Å². The van der Waals surface area contributed by atoms with E-state index < -0.39 is 4.92 Å². The maximum atomic E-state index is 11.0. The summed E-state index contributed by atoms with van der Waals surface area (Å²) in [6, 6.07) is 24.2. The quantitative estimate of drug-likeness (QED) is 0.361. The summed E-state index contributed by atoms with van der Waals surface area (Å²) in [6.45, 7) is 0. The van der Waals surface area contributed by atoms with Gasteiger partial charge in [-0.2, -0.15) is 0 Å². The Morgan fingerprint density at radius 1 is 0.708 bits per heavy atom. The first kappa shape index (κ1) is 14.2. The van der Waals surface area contributed by atoms with Crippen molar-refractivity contribution in [1.29, 1.82) is 0 Å². The summed E-state index contributed by atoms with van der Waals surface area (Å²) in [6.07, 6.45) is 0. The van der Waals surface area contributed by atoms with E-state index >= 15 is 0 Å². The van der Waals surface area contributed by atoms with Crippen LogP contribution in [0.4, 0.5) is 5.69 Å². The van der Waals surface area contributed by atoms with Crippen LogP contribution in [0.15, 0.2) is 83.3 Å². The lowest BCUT2D eigenvalue weighted by atomic mass is 10.0. The van der Waals surface area contributed by atoms with E-state index in [0.717, 1.165) is 22.1 Å². The molecule has 24 heavy (non-hydrogen) atoms. The van der Waals surface area contributed by atoms with Crippen molar-refractivity contribution in [2.75, 3.05) is 0 Å². The summed E-state index contributed by atoms with van der Waals surface area (Å²) in [5.41, 5.74) is 1.72. The smallest absolute Gasteiger partial charge is 0.270 e. The second-order valence-electron chi connectivity index (χ2n) is 5.48.